The molecule has 0 amide bonds. The molecule has 1 fully saturated rings. The number of hydrogen-bond donors (Lipinski definition) is 2. The van der Waals surface area contributed by atoms with Crippen molar-refractivity contribution in [2.24, 2.45) is 5.92 Å². The van der Waals surface area contributed by atoms with Gasteiger partial charge in [-0.15, -0.1) is 0 Å². The normalized spacial score (nSPS) is 15.0. The highest BCUT2D eigenvalue weighted by atomic mass is 16.4. The van der Waals surface area contributed by atoms with E-state index in [1.165, 1.54) is 18.9 Å². The first-order chi connectivity index (χ1) is 7.15. The fourth-order valence-electron chi connectivity index (χ4n) is 1.34. The number of hydrogen-bond acceptors (Lipinski definition) is 4. The SMILES string of the molecule is Cc1nc(NCC2CC2)cc(C(=O)O)n1. The van der Waals surface area contributed by atoms with Crippen LogP contribution in [0.2, 0.25) is 0 Å². The van der Waals surface area contributed by atoms with Crippen LogP contribution in [0.4, 0.5) is 5.82 Å². The van der Waals surface area contributed by atoms with Crippen LogP contribution in [0.15, 0.2) is 6.07 Å². The van der Waals surface area contributed by atoms with Gasteiger partial charge in [0, 0.05) is 12.6 Å². The quantitative estimate of drug-likeness (QED) is 0.778. The molecule has 1 saturated carbocycles. The lowest BCUT2D eigenvalue weighted by Gasteiger charge is -2.05. The molecule has 1 aromatic rings. The monoisotopic (exact) mass is 207 g/mol. The molecule has 0 aromatic carbocycles. The fourth-order valence-corrected chi connectivity index (χ4v) is 1.34. The third-order valence-corrected chi connectivity index (χ3v) is 2.33. The maximum Gasteiger partial charge on any atom is 0.354 e. The molecule has 15 heavy (non-hydrogen) atoms. The number of carboxylic acids is 1. The second-order valence-electron chi connectivity index (χ2n) is 3.82. The summed E-state index contributed by atoms with van der Waals surface area (Å²) in [6.45, 7) is 2.56. The number of aryl methyl sites for hydroxylation is 1. The lowest BCUT2D eigenvalue weighted by atomic mass is 10.3. The van der Waals surface area contributed by atoms with E-state index >= 15 is 0 Å². The van der Waals surface area contributed by atoms with Crippen LogP contribution in [0.1, 0.15) is 29.2 Å². The molecule has 1 heterocycles. The first kappa shape index (κ1) is 9.89. The standard InChI is InChI=1S/C10H13N3O2/c1-6-12-8(10(14)15)4-9(13-6)11-5-7-2-3-7/h4,7H,2-3,5H2,1H3,(H,14,15)(H,11,12,13). The molecule has 1 aromatic heterocycles. The molecular weight excluding hydrogens is 194 g/mol. The number of rotatable bonds is 4. The molecule has 1 aliphatic rings. The molecule has 80 valence electrons. The summed E-state index contributed by atoms with van der Waals surface area (Å²) in [5, 5.41) is 11.9. The minimum atomic E-state index is -1.02. The molecule has 0 radical (unpaired) electrons. The summed E-state index contributed by atoms with van der Waals surface area (Å²) >= 11 is 0. The molecule has 1 aliphatic carbocycles. The number of nitrogens with zero attached hydrogens (tertiary/aromatic N) is 2. The summed E-state index contributed by atoms with van der Waals surface area (Å²) in [4.78, 5) is 18.7. The Hall–Kier alpha value is -1.65. The van der Waals surface area contributed by atoms with Crippen molar-refractivity contribution in [1.82, 2.24) is 9.97 Å². The number of aromatic carboxylic acids is 1. The number of carboxylic acid groups (broad SMARTS) is 1. The largest absolute Gasteiger partial charge is 0.477 e. The van der Waals surface area contributed by atoms with Gasteiger partial charge in [-0.2, -0.15) is 0 Å². The second kappa shape index (κ2) is 3.84. The van der Waals surface area contributed by atoms with E-state index < -0.39 is 5.97 Å². The topological polar surface area (TPSA) is 75.1 Å². The second-order valence-corrected chi connectivity index (χ2v) is 3.82. The zero-order chi connectivity index (χ0) is 10.8. The molecule has 0 bridgehead atoms. The van der Waals surface area contributed by atoms with Crippen LogP contribution in [0.5, 0.6) is 0 Å². The first-order valence-electron chi connectivity index (χ1n) is 4.98. The van der Waals surface area contributed by atoms with Gasteiger partial charge in [-0.3, -0.25) is 0 Å². The van der Waals surface area contributed by atoms with Crippen LogP contribution in [0, 0.1) is 12.8 Å². The van der Waals surface area contributed by atoms with Gasteiger partial charge in [-0.05, 0) is 25.7 Å². The van der Waals surface area contributed by atoms with Crippen molar-refractivity contribution in [3.8, 4) is 0 Å². The zero-order valence-corrected chi connectivity index (χ0v) is 8.53. The Morgan fingerprint density at radius 3 is 2.93 bits per heavy atom. The van der Waals surface area contributed by atoms with Gasteiger partial charge in [-0.25, -0.2) is 14.8 Å². The number of carbonyl (C=O) groups is 1. The molecule has 0 aliphatic heterocycles. The van der Waals surface area contributed by atoms with Crippen molar-refractivity contribution in [2.75, 3.05) is 11.9 Å². The van der Waals surface area contributed by atoms with Crippen LogP contribution < -0.4 is 5.32 Å². The first-order valence-corrected chi connectivity index (χ1v) is 4.98. The zero-order valence-electron chi connectivity index (χ0n) is 8.53. The number of nitrogens with one attached hydrogen (secondary N) is 1. The highest BCUT2D eigenvalue weighted by molar-refractivity contribution is 5.86. The van der Waals surface area contributed by atoms with E-state index in [0.29, 0.717) is 11.6 Å². The fraction of sp³-hybridized carbons (Fsp3) is 0.500. The molecule has 0 unspecified atom stereocenters. The van der Waals surface area contributed by atoms with E-state index in [9.17, 15) is 4.79 Å². The molecule has 0 spiro atoms. The highest BCUT2D eigenvalue weighted by Gasteiger charge is 2.21. The Morgan fingerprint density at radius 2 is 2.33 bits per heavy atom. The Kier molecular flexibility index (Phi) is 2.53. The summed E-state index contributed by atoms with van der Waals surface area (Å²) in [5.41, 5.74) is 0.0424. The molecule has 2 N–H and O–H groups in total. The van der Waals surface area contributed by atoms with Crippen molar-refractivity contribution in [2.45, 2.75) is 19.8 Å². The summed E-state index contributed by atoms with van der Waals surface area (Å²) < 4.78 is 0. The number of aromatic nitrogens is 2. The van der Waals surface area contributed by atoms with Crippen LogP contribution in [0.25, 0.3) is 0 Å². The van der Waals surface area contributed by atoms with Gasteiger partial charge in [-0.1, -0.05) is 0 Å². The molecule has 5 heteroatoms. The third-order valence-electron chi connectivity index (χ3n) is 2.33. The van der Waals surface area contributed by atoms with Gasteiger partial charge >= 0.3 is 5.97 Å². The average Bonchev–Trinajstić information content (AvgIpc) is 2.97. The lowest BCUT2D eigenvalue weighted by Crippen LogP contribution is -2.09. The minimum Gasteiger partial charge on any atom is -0.477 e. The molecular formula is C10H13N3O2. The van der Waals surface area contributed by atoms with Crippen molar-refractivity contribution in [1.29, 1.82) is 0 Å². The van der Waals surface area contributed by atoms with Gasteiger partial charge in [0.15, 0.2) is 5.69 Å². The summed E-state index contributed by atoms with van der Waals surface area (Å²) in [5.74, 6) is 0.795. The van der Waals surface area contributed by atoms with Crippen LogP contribution in [0.3, 0.4) is 0 Å². The molecule has 0 atom stereocenters. The van der Waals surface area contributed by atoms with Crippen LogP contribution >= 0.6 is 0 Å². The predicted octanol–water partition coefficient (Wildman–Crippen LogP) is 1.31. The third kappa shape index (κ3) is 2.65. The van der Waals surface area contributed by atoms with Gasteiger partial charge in [0.05, 0.1) is 0 Å². The van der Waals surface area contributed by atoms with E-state index in [1.807, 2.05) is 0 Å². The lowest BCUT2D eigenvalue weighted by molar-refractivity contribution is 0.0690. The molecule has 2 rings (SSSR count). The minimum absolute atomic E-state index is 0.0424. The van der Waals surface area contributed by atoms with E-state index in [2.05, 4.69) is 15.3 Å². The van der Waals surface area contributed by atoms with Gasteiger partial charge in [0.1, 0.15) is 11.6 Å². The maximum absolute atomic E-state index is 10.7. The van der Waals surface area contributed by atoms with E-state index in [4.69, 9.17) is 5.11 Å². The van der Waals surface area contributed by atoms with E-state index in [-0.39, 0.29) is 5.69 Å². The summed E-state index contributed by atoms with van der Waals surface area (Å²) in [6, 6.07) is 1.47. The van der Waals surface area contributed by atoms with E-state index in [0.717, 1.165) is 12.5 Å². The van der Waals surface area contributed by atoms with Gasteiger partial charge in [0.25, 0.3) is 0 Å². The van der Waals surface area contributed by atoms with Crippen molar-refractivity contribution < 1.29 is 9.90 Å². The molecule has 5 nitrogen and oxygen atoms in total. The molecule has 0 saturated heterocycles. The summed E-state index contributed by atoms with van der Waals surface area (Å²) in [6.07, 6.45) is 2.51. The highest BCUT2D eigenvalue weighted by Crippen LogP contribution is 2.28. The average molecular weight is 207 g/mol. The Labute approximate surface area is 87.6 Å². The van der Waals surface area contributed by atoms with Crippen LogP contribution in [-0.4, -0.2) is 27.6 Å². The van der Waals surface area contributed by atoms with Gasteiger partial charge in [0.2, 0.25) is 0 Å². The van der Waals surface area contributed by atoms with Crippen LogP contribution in [-0.2, 0) is 0 Å². The number of anilines is 1. The Morgan fingerprint density at radius 1 is 1.60 bits per heavy atom. The van der Waals surface area contributed by atoms with Crippen molar-refractivity contribution in [3.05, 3.63) is 17.6 Å². The maximum atomic E-state index is 10.7. The Balaban J connectivity index is 2.10. The predicted molar refractivity (Wildman–Crippen MR) is 54.9 cm³/mol. The van der Waals surface area contributed by atoms with Crippen molar-refractivity contribution >= 4 is 11.8 Å². The summed E-state index contributed by atoms with van der Waals surface area (Å²) in [7, 11) is 0. The van der Waals surface area contributed by atoms with E-state index in [1.54, 1.807) is 6.92 Å². The van der Waals surface area contributed by atoms with Gasteiger partial charge < -0.3 is 10.4 Å². The Bertz CT molecular complexity index is 388. The van der Waals surface area contributed by atoms with Crippen molar-refractivity contribution in [3.63, 3.8) is 0 Å². The smallest absolute Gasteiger partial charge is 0.354 e.